The van der Waals surface area contributed by atoms with Gasteiger partial charge in [-0.1, -0.05) is 48.5 Å². The van der Waals surface area contributed by atoms with Crippen molar-refractivity contribution in [1.82, 2.24) is 14.5 Å². The highest BCUT2D eigenvalue weighted by atomic mass is 32.2. The van der Waals surface area contributed by atoms with Gasteiger partial charge in [-0.05, 0) is 25.5 Å². The third-order valence-corrected chi connectivity index (χ3v) is 7.53. The van der Waals surface area contributed by atoms with Crippen LogP contribution in [-0.4, -0.2) is 60.9 Å². The fourth-order valence-electron chi connectivity index (χ4n) is 3.80. The van der Waals surface area contributed by atoms with Gasteiger partial charge in [-0.15, -0.1) is 0 Å². The highest BCUT2D eigenvalue weighted by Gasteiger charge is 2.49. The standard InChI is InChI=1S/C23H29N3O5S/c1-4-32(29,30)25-16-21(27)26(15-19-12-8-9-13-20(19)31-3)23(2,17-25)22(28)24-14-18-10-6-5-7-11-18/h5-13H,4,14-17H2,1-3H3,(H,24,28)/t23-/m1/s1. The molecule has 0 aromatic heterocycles. The van der Waals surface area contributed by atoms with Crippen molar-refractivity contribution in [2.24, 2.45) is 0 Å². The Labute approximate surface area is 189 Å². The summed E-state index contributed by atoms with van der Waals surface area (Å²) < 4.78 is 31.6. The first kappa shape index (κ1) is 23.7. The molecule has 1 atom stereocenters. The second-order valence-corrected chi connectivity index (χ2v) is 10.2. The maximum Gasteiger partial charge on any atom is 0.247 e. The number of piperazine rings is 1. The van der Waals surface area contributed by atoms with Crippen molar-refractivity contribution in [2.45, 2.75) is 32.5 Å². The number of para-hydroxylation sites is 1. The van der Waals surface area contributed by atoms with Gasteiger partial charge >= 0.3 is 0 Å². The predicted molar refractivity (Wildman–Crippen MR) is 121 cm³/mol. The lowest BCUT2D eigenvalue weighted by Gasteiger charge is -2.46. The Kier molecular flexibility index (Phi) is 7.20. The van der Waals surface area contributed by atoms with E-state index in [0.29, 0.717) is 5.75 Å². The van der Waals surface area contributed by atoms with Crippen molar-refractivity contribution in [3.63, 3.8) is 0 Å². The fourth-order valence-corrected chi connectivity index (χ4v) is 4.93. The van der Waals surface area contributed by atoms with Crippen LogP contribution in [0.1, 0.15) is 25.0 Å². The van der Waals surface area contributed by atoms with Gasteiger partial charge in [0.25, 0.3) is 0 Å². The van der Waals surface area contributed by atoms with E-state index in [1.807, 2.05) is 48.5 Å². The van der Waals surface area contributed by atoms with Gasteiger partial charge in [0.05, 0.1) is 26.0 Å². The van der Waals surface area contributed by atoms with Gasteiger partial charge in [-0.3, -0.25) is 9.59 Å². The molecular weight excluding hydrogens is 430 g/mol. The van der Waals surface area contributed by atoms with Gasteiger partial charge in [0.1, 0.15) is 11.3 Å². The Morgan fingerprint density at radius 3 is 2.44 bits per heavy atom. The summed E-state index contributed by atoms with van der Waals surface area (Å²) in [6, 6.07) is 16.6. The number of amides is 2. The second-order valence-electron chi connectivity index (χ2n) is 7.90. The first-order chi connectivity index (χ1) is 15.2. The van der Waals surface area contributed by atoms with E-state index in [4.69, 9.17) is 4.74 Å². The zero-order valence-electron chi connectivity index (χ0n) is 18.6. The first-order valence-corrected chi connectivity index (χ1v) is 12.0. The van der Waals surface area contributed by atoms with E-state index in [1.165, 1.54) is 18.9 Å². The molecule has 0 radical (unpaired) electrons. The molecule has 0 saturated carbocycles. The number of carbonyl (C=O) groups excluding carboxylic acids is 2. The van der Waals surface area contributed by atoms with Crippen LogP contribution >= 0.6 is 0 Å². The minimum absolute atomic E-state index is 0.120. The predicted octanol–water partition coefficient (Wildman–Crippen LogP) is 1.76. The SMILES string of the molecule is CCS(=O)(=O)N1CC(=O)N(Cc2ccccc2OC)[C@@](C)(C(=O)NCc2ccccc2)C1. The zero-order valence-corrected chi connectivity index (χ0v) is 19.4. The number of hydrogen-bond acceptors (Lipinski definition) is 5. The fraction of sp³-hybridized carbons (Fsp3) is 0.391. The molecule has 1 aliphatic rings. The molecule has 1 N–H and O–H groups in total. The Morgan fingerprint density at radius 1 is 1.12 bits per heavy atom. The monoisotopic (exact) mass is 459 g/mol. The second kappa shape index (κ2) is 9.70. The highest BCUT2D eigenvalue weighted by Crippen LogP contribution is 2.29. The van der Waals surface area contributed by atoms with Gasteiger partial charge in [-0.25, -0.2) is 8.42 Å². The van der Waals surface area contributed by atoms with E-state index in [-0.39, 0.29) is 31.9 Å². The summed E-state index contributed by atoms with van der Waals surface area (Å²) in [4.78, 5) is 28.0. The quantitative estimate of drug-likeness (QED) is 0.649. The molecule has 0 bridgehead atoms. The van der Waals surface area contributed by atoms with Crippen LogP contribution in [0.2, 0.25) is 0 Å². The van der Waals surface area contributed by atoms with E-state index in [9.17, 15) is 18.0 Å². The van der Waals surface area contributed by atoms with Crippen molar-refractivity contribution >= 4 is 21.8 Å². The molecule has 32 heavy (non-hydrogen) atoms. The molecule has 3 rings (SSSR count). The van der Waals surface area contributed by atoms with Crippen LogP contribution in [-0.2, 0) is 32.7 Å². The Balaban J connectivity index is 1.93. The molecule has 1 aliphatic heterocycles. The van der Waals surface area contributed by atoms with Crippen LogP contribution in [0, 0.1) is 0 Å². The van der Waals surface area contributed by atoms with Gasteiger partial charge in [0, 0.05) is 18.7 Å². The first-order valence-electron chi connectivity index (χ1n) is 10.4. The van der Waals surface area contributed by atoms with Gasteiger partial charge in [0.2, 0.25) is 21.8 Å². The van der Waals surface area contributed by atoms with Crippen LogP contribution < -0.4 is 10.1 Å². The number of benzene rings is 2. The lowest BCUT2D eigenvalue weighted by molar-refractivity contribution is -0.153. The highest BCUT2D eigenvalue weighted by molar-refractivity contribution is 7.89. The summed E-state index contributed by atoms with van der Waals surface area (Å²) >= 11 is 0. The third kappa shape index (κ3) is 4.94. The van der Waals surface area contributed by atoms with Crippen molar-refractivity contribution in [3.05, 3.63) is 65.7 Å². The van der Waals surface area contributed by atoms with Crippen molar-refractivity contribution in [1.29, 1.82) is 0 Å². The number of hydrogen-bond donors (Lipinski definition) is 1. The minimum atomic E-state index is -3.65. The maximum absolute atomic E-state index is 13.4. The van der Waals surface area contributed by atoms with Gasteiger partial charge in [0.15, 0.2) is 0 Å². The summed E-state index contributed by atoms with van der Waals surface area (Å²) in [6.07, 6.45) is 0. The normalized spacial score (nSPS) is 19.6. The summed E-state index contributed by atoms with van der Waals surface area (Å²) in [6.45, 7) is 3.11. The maximum atomic E-state index is 13.4. The van der Waals surface area contributed by atoms with Crippen molar-refractivity contribution < 1.29 is 22.7 Å². The molecule has 1 heterocycles. The zero-order chi connectivity index (χ0) is 23.4. The van der Waals surface area contributed by atoms with Crippen LogP contribution in [0.3, 0.4) is 0 Å². The van der Waals surface area contributed by atoms with Gasteiger partial charge < -0.3 is 15.0 Å². The number of ether oxygens (including phenoxy) is 1. The lowest BCUT2D eigenvalue weighted by atomic mass is 9.94. The summed E-state index contributed by atoms with van der Waals surface area (Å²) in [5, 5.41) is 2.88. The Morgan fingerprint density at radius 2 is 1.78 bits per heavy atom. The number of carbonyl (C=O) groups is 2. The molecule has 0 aliphatic carbocycles. The van der Waals surface area contributed by atoms with Crippen LogP contribution in [0.5, 0.6) is 5.75 Å². The average molecular weight is 460 g/mol. The number of nitrogens with one attached hydrogen (secondary N) is 1. The van der Waals surface area contributed by atoms with E-state index in [1.54, 1.807) is 13.0 Å². The number of rotatable bonds is 8. The number of methoxy groups -OCH3 is 1. The molecule has 2 aromatic carbocycles. The summed E-state index contributed by atoms with van der Waals surface area (Å²) in [5.74, 6) is -0.401. The average Bonchev–Trinajstić information content (AvgIpc) is 2.80. The number of sulfonamides is 1. The number of nitrogens with zero attached hydrogens (tertiary/aromatic N) is 2. The molecular formula is C23H29N3O5S. The molecule has 1 saturated heterocycles. The molecule has 172 valence electrons. The Hall–Kier alpha value is -2.91. The molecule has 2 amide bonds. The largest absolute Gasteiger partial charge is 0.496 e. The summed E-state index contributed by atoms with van der Waals surface area (Å²) in [5.41, 5.74) is 0.242. The summed E-state index contributed by atoms with van der Waals surface area (Å²) in [7, 11) is -2.11. The lowest BCUT2D eigenvalue weighted by Crippen LogP contribution is -2.69. The van der Waals surface area contributed by atoms with E-state index in [0.717, 1.165) is 15.4 Å². The van der Waals surface area contributed by atoms with Crippen LogP contribution in [0.4, 0.5) is 0 Å². The van der Waals surface area contributed by atoms with E-state index in [2.05, 4.69) is 5.32 Å². The molecule has 0 spiro atoms. The topological polar surface area (TPSA) is 96.0 Å². The van der Waals surface area contributed by atoms with E-state index >= 15 is 0 Å². The van der Waals surface area contributed by atoms with Crippen LogP contribution in [0.25, 0.3) is 0 Å². The van der Waals surface area contributed by atoms with E-state index < -0.39 is 27.4 Å². The molecule has 2 aromatic rings. The Bertz CT molecular complexity index is 1070. The molecule has 9 heteroatoms. The third-order valence-electron chi connectivity index (χ3n) is 5.76. The molecule has 8 nitrogen and oxygen atoms in total. The van der Waals surface area contributed by atoms with Gasteiger partial charge in [-0.2, -0.15) is 4.31 Å². The smallest absolute Gasteiger partial charge is 0.247 e. The molecule has 1 fully saturated rings. The minimum Gasteiger partial charge on any atom is -0.496 e. The van der Waals surface area contributed by atoms with Crippen molar-refractivity contribution in [2.75, 3.05) is 26.0 Å². The van der Waals surface area contributed by atoms with Crippen LogP contribution in [0.15, 0.2) is 54.6 Å². The van der Waals surface area contributed by atoms with Crippen molar-refractivity contribution in [3.8, 4) is 5.75 Å². The molecule has 0 unspecified atom stereocenters.